The number of thiocarbonyl (C=S) groups is 1. The molecule has 21 heavy (non-hydrogen) atoms. The van der Waals surface area contributed by atoms with Crippen molar-refractivity contribution in [2.45, 2.75) is 6.92 Å². The van der Waals surface area contributed by atoms with Crippen LogP contribution < -0.4 is 0 Å². The number of carbonyl (C=O) groups excluding carboxylic acids is 1. The minimum Gasteiger partial charge on any atom is -0.508 e. The normalized spacial score (nSPS) is 17.3. The third kappa shape index (κ3) is 3.17. The van der Waals surface area contributed by atoms with Crippen LogP contribution in [0, 0.1) is 0 Å². The Kier molecular flexibility index (Phi) is 4.19. The molecule has 0 bridgehead atoms. The van der Waals surface area contributed by atoms with E-state index in [0.29, 0.717) is 11.1 Å². The zero-order valence-electron chi connectivity index (χ0n) is 10.9. The van der Waals surface area contributed by atoms with E-state index in [2.05, 4.69) is 0 Å². The van der Waals surface area contributed by atoms with Crippen LogP contribution in [0.1, 0.15) is 12.5 Å². The topological polar surface area (TPSA) is 98.1 Å². The third-order valence-electron chi connectivity index (χ3n) is 2.82. The number of carbonyl (C=O) groups is 2. The summed E-state index contributed by atoms with van der Waals surface area (Å²) in [4.78, 5) is 24.2. The Morgan fingerprint density at radius 1 is 1.29 bits per heavy atom. The molecule has 0 aliphatic carbocycles. The maximum absolute atomic E-state index is 12.2. The number of hydrogen-bond acceptors (Lipinski definition) is 6. The molecule has 1 aromatic rings. The smallest absolute Gasteiger partial charge is 0.323 e. The molecular formula is C13H11NO5S2. The highest BCUT2D eigenvalue weighted by Crippen LogP contribution is 2.37. The van der Waals surface area contributed by atoms with Crippen LogP contribution in [0.25, 0.3) is 5.57 Å². The average molecular weight is 325 g/mol. The maximum Gasteiger partial charge on any atom is 0.323 e. The van der Waals surface area contributed by atoms with Crippen LogP contribution in [-0.2, 0) is 9.59 Å². The van der Waals surface area contributed by atoms with Gasteiger partial charge in [-0.3, -0.25) is 14.5 Å². The number of phenolic OH excluding ortho intramolecular Hbond substituents is 2. The summed E-state index contributed by atoms with van der Waals surface area (Å²) in [5, 5.41) is 27.8. The first-order valence-corrected chi connectivity index (χ1v) is 7.02. The standard InChI is InChI=1S/C13H11NO5S2/c1-6(7-2-8(15)4-9(16)3-7)11-12(19)14(5-10(17)18)13(20)21-11/h2-4,15-16H,5H2,1H3,(H,17,18)/b11-6+. The molecule has 1 aliphatic rings. The van der Waals surface area contributed by atoms with E-state index >= 15 is 0 Å². The van der Waals surface area contributed by atoms with Gasteiger partial charge in [-0.1, -0.05) is 24.0 Å². The average Bonchev–Trinajstić information content (AvgIpc) is 2.64. The van der Waals surface area contributed by atoms with Crippen molar-refractivity contribution in [2.24, 2.45) is 0 Å². The fourth-order valence-corrected chi connectivity index (χ4v) is 3.14. The first-order chi connectivity index (χ1) is 9.79. The Bertz CT molecular complexity index is 663. The predicted octanol–water partition coefficient (Wildman–Crippen LogP) is 1.77. The van der Waals surface area contributed by atoms with Gasteiger partial charge in [0.25, 0.3) is 5.91 Å². The zero-order chi connectivity index (χ0) is 15.7. The lowest BCUT2D eigenvalue weighted by Crippen LogP contribution is -2.33. The second-order valence-electron chi connectivity index (χ2n) is 4.35. The van der Waals surface area contributed by atoms with Crippen LogP contribution in [0.3, 0.4) is 0 Å². The van der Waals surface area contributed by atoms with Crippen LogP contribution in [-0.4, -0.2) is 43.0 Å². The fourth-order valence-electron chi connectivity index (χ4n) is 1.84. The SMILES string of the molecule is C/C(=C1\SC(=S)N(CC(=O)O)C1=O)c1cc(O)cc(O)c1. The number of hydrogen-bond donors (Lipinski definition) is 3. The van der Waals surface area contributed by atoms with Gasteiger partial charge in [0.15, 0.2) is 0 Å². The lowest BCUT2D eigenvalue weighted by atomic mass is 10.1. The number of aromatic hydroxyl groups is 2. The monoisotopic (exact) mass is 325 g/mol. The van der Waals surface area contributed by atoms with Crippen LogP contribution in [0.2, 0.25) is 0 Å². The summed E-state index contributed by atoms with van der Waals surface area (Å²) in [6, 6.07) is 3.98. The van der Waals surface area contributed by atoms with E-state index in [1.807, 2.05) is 0 Å². The molecule has 110 valence electrons. The molecule has 0 atom stereocenters. The Balaban J connectivity index is 2.42. The van der Waals surface area contributed by atoms with E-state index in [0.717, 1.165) is 16.7 Å². The fraction of sp³-hybridized carbons (Fsp3) is 0.154. The van der Waals surface area contributed by atoms with E-state index in [1.165, 1.54) is 18.2 Å². The highest BCUT2D eigenvalue weighted by Gasteiger charge is 2.34. The molecule has 8 heteroatoms. The van der Waals surface area contributed by atoms with Crippen molar-refractivity contribution in [1.82, 2.24) is 4.90 Å². The number of aliphatic carboxylic acids is 1. The molecule has 0 aromatic heterocycles. The molecule has 1 saturated heterocycles. The summed E-state index contributed by atoms with van der Waals surface area (Å²) in [6.07, 6.45) is 0. The molecule has 1 amide bonds. The lowest BCUT2D eigenvalue weighted by molar-refractivity contribution is -0.140. The number of rotatable bonds is 3. The van der Waals surface area contributed by atoms with E-state index in [4.69, 9.17) is 17.3 Å². The van der Waals surface area contributed by atoms with Crippen LogP contribution in [0.4, 0.5) is 0 Å². The summed E-state index contributed by atoms with van der Waals surface area (Å²) >= 11 is 6.00. The molecule has 0 radical (unpaired) electrons. The highest BCUT2D eigenvalue weighted by molar-refractivity contribution is 8.26. The van der Waals surface area contributed by atoms with Crippen molar-refractivity contribution in [3.8, 4) is 11.5 Å². The number of allylic oxidation sites excluding steroid dienone is 1. The summed E-state index contributed by atoms with van der Waals surface area (Å²) < 4.78 is 0.168. The minimum absolute atomic E-state index is 0.134. The van der Waals surface area contributed by atoms with E-state index in [-0.39, 0.29) is 20.7 Å². The van der Waals surface area contributed by atoms with Gasteiger partial charge >= 0.3 is 5.97 Å². The predicted molar refractivity (Wildman–Crippen MR) is 81.9 cm³/mol. The van der Waals surface area contributed by atoms with Gasteiger partial charge in [0, 0.05) is 6.07 Å². The Labute approximate surface area is 129 Å². The molecule has 1 aliphatic heterocycles. The molecule has 1 fully saturated rings. The molecule has 2 rings (SSSR count). The number of benzene rings is 1. The summed E-state index contributed by atoms with van der Waals surface area (Å²) in [5.74, 6) is -1.91. The largest absolute Gasteiger partial charge is 0.508 e. The van der Waals surface area contributed by atoms with Crippen molar-refractivity contribution in [3.05, 3.63) is 28.7 Å². The second-order valence-corrected chi connectivity index (χ2v) is 5.99. The van der Waals surface area contributed by atoms with Gasteiger partial charge in [0.05, 0.1) is 4.91 Å². The lowest BCUT2D eigenvalue weighted by Gasteiger charge is -2.11. The number of amides is 1. The number of phenols is 2. The number of nitrogens with zero attached hydrogens (tertiary/aromatic N) is 1. The number of carboxylic acid groups (broad SMARTS) is 1. The van der Waals surface area contributed by atoms with Crippen molar-refractivity contribution < 1.29 is 24.9 Å². The molecule has 1 aromatic carbocycles. The zero-order valence-corrected chi connectivity index (χ0v) is 12.5. The first kappa shape index (κ1) is 15.3. The Morgan fingerprint density at radius 2 is 1.86 bits per heavy atom. The Morgan fingerprint density at radius 3 is 2.38 bits per heavy atom. The number of thioether (sulfide) groups is 1. The summed E-state index contributed by atoms with van der Waals surface area (Å²) in [7, 11) is 0. The van der Waals surface area contributed by atoms with E-state index in [9.17, 15) is 19.8 Å². The van der Waals surface area contributed by atoms with Crippen molar-refractivity contribution in [3.63, 3.8) is 0 Å². The summed E-state index contributed by atoms with van der Waals surface area (Å²) in [6.45, 7) is 1.15. The summed E-state index contributed by atoms with van der Waals surface area (Å²) in [5.41, 5.74) is 0.967. The van der Waals surface area contributed by atoms with Gasteiger partial charge in [-0.15, -0.1) is 0 Å². The molecule has 0 unspecified atom stereocenters. The third-order valence-corrected chi connectivity index (χ3v) is 4.37. The highest BCUT2D eigenvalue weighted by atomic mass is 32.2. The number of carboxylic acids is 1. The van der Waals surface area contributed by atoms with Gasteiger partial charge in [0.1, 0.15) is 22.4 Å². The molecule has 1 heterocycles. The van der Waals surface area contributed by atoms with E-state index in [1.54, 1.807) is 6.92 Å². The van der Waals surface area contributed by atoms with Gasteiger partial charge in [-0.2, -0.15) is 0 Å². The van der Waals surface area contributed by atoms with E-state index < -0.39 is 18.4 Å². The molecule has 0 spiro atoms. The van der Waals surface area contributed by atoms with Crippen LogP contribution in [0.5, 0.6) is 11.5 Å². The van der Waals surface area contributed by atoms with Gasteiger partial charge in [-0.05, 0) is 30.2 Å². The van der Waals surface area contributed by atoms with Gasteiger partial charge < -0.3 is 15.3 Å². The van der Waals surface area contributed by atoms with Crippen LogP contribution in [0.15, 0.2) is 23.1 Å². The molecule has 0 saturated carbocycles. The molecule has 3 N–H and O–H groups in total. The van der Waals surface area contributed by atoms with Gasteiger partial charge in [0.2, 0.25) is 0 Å². The molecular weight excluding hydrogens is 314 g/mol. The maximum atomic E-state index is 12.2. The Hall–Kier alpha value is -2.06. The molecule has 6 nitrogen and oxygen atoms in total. The van der Waals surface area contributed by atoms with Crippen molar-refractivity contribution in [2.75, 3.05) is 6.54 Å². The minimum atomic E-state index is -1.15. The second kappa shape index (κ2) is 5.74. The van der Waals surface area contributed by atoms with Gasteiger partial charge in [-0.25, -0.2) is 0 Å². The van der Waals surface area contributed by atoms with Crippen molar-refractivity contribution >= 4 is 45.7 Å². The van der Waals surface area contributed by atoms with Crippen LogP contribution >= 0.6 is 24.0 Å². The first-order valence-electron chi connectivity index (χ1n) is 5.79. The van der Waals surface area contributed by atoms with Crippen molar-refractivity contribution in [1.29, 1.82) is 0 Å². The quantitative estimate of drug-likeness (QED) is 0.575.